The van der Waals surface area contributed by atoms with Gasteiger partial charge in [-0.2, -0.15) is 0 Å². The minimum Gasteiger partial charge on any atom is -0.392 e. The van der Waals surface area contributed by atoms with E-state index in [0.29, 0.717) is 38.7 Å². The fourth-order valence-electron chi connectivity index (χ4n) is 6.79. The van der Waals surface area contributed by atoms with Gasteiger partial charge in [-0.15, -0.1) is 0 Å². The van der Waals surface area contributed by atoms with Gasteiger partial charge in [0.05, 0.1) is 41.2 Å². The van der Waals surface area contributed by atoms with Crippen LogP contribution in [0.15, 0.2) is 34.9 Å². The molecule has 270 valence electrons. The van der Waals surface area contributed by atoms with Crippen molar-refractivity contribution in [1.29, 1.82) is 0 Å². The van der Waals surface area contributed by atoms with Crippen molar-refractivity contribution in [3.63, 3.8) is 0 Å². The monoisotopic (exact) mass is 651 g/mol. The van der Waals surface area contributed by atoms with Crippen LogP contribution in [0.5, 0.6) is 0 Å². The number of allylic oxidation sites excluding steroid dienone is 5. The van der Waals surface area contributed by atoms with E-state index in [4.69, 9.17) is 9.84 Å². The third-order valence-corrected chi connectivity index (χ3v) is 10.4. The molecule has 1 aliphatic rings. The van der Waals surface area contributed by atoms with E-state index in [1.165, 1.54) is 16.7 Å². The molecule has 1 aliphatic heterocycles. The molecule has 0 saturated carbocycles. The minimum absolute atomic E-state index is 0.119. The molecule has 0 aliphatic carbocycles. The van der Waals surface area contributed by atoms with Gasteiger partial charge in [0.15, 0.2) is 0 Å². The lowest BCUT2D eigenvalue weighted by Gasteiger charge is -2.30. The summed E-state index contributed by atoms with van der Waals surface area (Å²) in [5.41, 5.74) is 0.752. The highest BCUT2D eigenvalue weighted by atomic mass is 16.5. The largest absolute Gasteiger partial charge is 0.392 e. The summed E-state index contributed by atoms with van der Waals surface area (Å²) in [6.45, 7) is 18.7. The molecule has 5 atom stereocenters. The van der Waals surface area contributed by atoms with Crippen molar-refractivity contribution in [2.24, 2.45) is 5.92 Å². The summed E-state index contributed by atoms with van der Waals surface area (Å²) in [6, 6.07) is 0. The summed E-state index contributed by atoms with van der Waals surface area (Å²) in [4.78, 5) is 0. The quantitative estimate of drug-likeness (QED) is 0.0668. The van der Waals surface area contributed by atoms with Gasteiger partial charge in [0.25, 0.3) is 0 Å². The van der Waals surface area contributed by atoms with E-state index < -0.39 is 22.4 Å². The Bertz CT molecular complexity index is 951. The van der Waals surface area contributed by atoms with E-state index in [-0.39, 0.29) is 18.1 Å². The second-order valence-electron chi connectivity index (χ2n) is 16.6. The molecule has 6 heteroatoms. The average Bonchev–Trinajstić information content (AvgIpc) is 3.30. The molecule has 0 bridgehead atoms. The number of ether oxygens (including phenoxy) is 1. The Morgan fingerprint density at radius 2 is 1.07 bits per heavy atom. The lowest BCUT2D eigenvalue weighted by atomic mass is 9.82. The fourth-order valence-corrected chi connectivity index (χ4v) is 6.79. The highest BCUT2D eigenvalue weighted by Crippen LogP contribution is 2.39. The molecule has 0 radical (unpaired) electrons. The summed E-state index contributed by atoms with van der Waals surface area (Å²) in [7, 11) is 0. The first-order chi connectivity index (χ1) is 21.2. The van der Waals surface area contributed by atoms with E-state index in [1.54, 1.807) is 0 Å². The van der Waals surface area contributed by atoms with Crippen LogP contribution in [0.1, 0.15) is 171 Å². The standard InChI is InChI=1S/C40H74O6/c1-32(17-11-19-34(3)21-29-41)16-10-18-33(2)20-12-22-37(6,43)23-13-24-38(7,44)25-14-26-39(8,45)27-15-28-40(9)30-35(31-46-40)36(4,5)42/h17-18,21,35,41-45H,10-16,19-20,22-31H2,1-9H3/b32-17+,33-18+,34-21+. The smallest absolute Gasteiger partial charge is 0.0659 e. The fraction of sp³-hybridized carbons (Fsp3) is 0.850. The second kappa shape index (κ2) is 19.8. The van der Waals surface area contributed by atoms with Crippen LogP contribution in [0, 0.1) is 5.92 Å². The normalized spacial score (nSPS) is 24.1. The highest BCUT2D eigenvalue weighted by molar-refractivity contribution is 5.06. The highest BCUT2D eigenvalue weighted by Gasteiger charge is 2.42. The molecule has 0 spiro atoms. The van der Waals surface area contributed by atoms with Gasteiger partial charge >= 0.3 is 0 Å². The SMILES string of the molecule is C/C(=C\CO)CC/C=C(\C)CC/C=C(\C)CCCC(C)(O)CCCC(C)(O)CCCC(C)(O)CCCC1(C)CC(C(C)(C)O)CO1. The van der Waals surface area contributed by atoms with Crippen LogP contribution in [0.4, 0.5) is 0 Å². The maximum atomic E-state index is 11.0. The van der Waals surface area contributed by atoms with Crippen LogP contribution in [-0.4, -0.2) is 66.8 Å². The molecular formula is C40H74O6. The van der Waals surface area contributed by atoms with Gasteiger partial charge in [0.2, 0.25) is 0 Å². The Balaban J connectivity index is 2.27. The maximum Gasteiger partial charge on any atom is 0.0659 e. The molecule has 6 nitrogen and oxygen atoms in total. The Morgan fingerprint density at radius 3 is 1.50 bits per heavy atom. The molecule has 0 aromatic heterocycles. The van der Waals surface area contributed by atoms with Crippen LogP contribution < -0.4 is 0 Å². The Labute approximate surface area is 283 Å². The Hall–Kier alpha value is -1.02. The van der Waals surface area contributed by atoms with Crippen molar-refractivity contribution >= 4 is 0 Å². The number of hydrogen-bond donors (Lipinski definition) is 5. The van der Waals surface area contributed by atoms with Crippen LogP contribution >= 0.6 is 0 Å². The predicted molar refractivity (Wildman–Crippen MR) is 193 cm³/mol. The van der Waals surface area contributed by atoms with Gasteiger partial charge in [-0.25, -0.2) is 0 Å². The molecule has 1 saturated heterocycles. The summed E-state index contributed by atoms with van der Waals surface area (Å²) < 4.78 is 6.05. The number of aliphatic hydroxyl groups excluding tert-OH is 1. The van der Waals surface area contributed by atoms with Crippen molar-refractivity contribution in [2.75, 3.05) is 13.2 Å². The predicted octanol–water partition coefficient (Wildman–Crippen LogP) is 8.88. The van der Waals surface area contributed by atoms with Crippen LogP contribution in [-0.2, 0) is 4.74 Å². The molecule has 46 heavy (non-hydrogen) atoms. The summed E-state index contributed by atoms with van der Waals surface area (Å²) in [5, 5.41) is 52.2. The van der Waals surface area contributed by atoms with Gasteiger partial charge in [-0.05, 0) is 171 Å². The van der Waals surface area contributed by atoms with Crippen molar-refractivity contribution < 1.29 is 30.3 Å². The first kappa shape index (κ1) is 43.0. The van der Waals surface area contributed by atoms with Crippen molar-refractivity contribution in [2.45, 2.75) is 199 Å². The van der Waals surface area contributed by atoms with Crippen molar-refractivity contribution in [3.8, 4) is 0 Å². The number of aliphatic hydroxyl groups is 5. The first-order valence-electron chi connectivity index (χ1n) is 18.3. The third-order valence-electron chi connectivity index (χ3n) is 10.4. The molecule has 5 unspecified atom stereocenters. The Morgan fingerprint density at radius 1 is 0.652 bits per heavy atom. The Kier molecular flexibility index (Phi) is 18.6. The van der Waals surface area contributed by atoms with Crippen molar-refractivity contribution in [1.82, 2.24) is 0 Å². The van der Waals surface area contributed by atoms with Crippen LogP contribution in [0.3, 0.4) is 0 Å². The van der Waals surface area contributed by atoms with Crippen LogP contribution in [0.2, 0.25) is 0 Å². The number of rotatable bonds is 24. The zero-order valence-electron chi connectivity index (χ0n) is 31.4. The van der Waals surface area contributed by atoms with Gasteiger partial charge in [0.1, 0.15) is 0 Å². The summed E-state index contributed by atoms with van der Waals surface area (Å²) in [6.07, 6.45) is 20.7. The van der Waals surface area contributed by atoms with Gasteiger partial charge in [-0.1, -0.05) is 34.9 Å². The van der Waals surface area contributed by atoms with Crippen LogP contribution in [0.25, 0.3) is 0 Å². The van der Waals surface area contributed by atoms with Gasteiger partial charge in [-0.3, -0.25) is 0 Å². The molecule has 0 amide bonds. The zero-order valence-corrected chi connectivity index (χ0v) is 31.4. The van der Waals surface area contributed by atoms with Gasteiger partial charge in [0, 0.05) is 5.92 Å². The lowest BCUT2D eigenvalue weighted by Crippen LogP contribution is -2.32. The topological polar surface area (TPSA) is 110 Å². The maximum absolute atomic E-state index is 11.0. The molecule has 1 fully saturated rings. The summed E-state index contributed by atoms with van der Waals surface area (Å²) >= 11 is 0. The molecule has 1 heterocycles. The van der Waals surface area contributed by atoms with E-state index in [0.717, 1.165) is 77.0 Å². The molecular weight excluding hydrogens is 576 g/mol. The van der Waals surface area contributed by atoms with E-state index in [2.05, 4.69) is 39.8 Å². The summed E-state index contributed by atoms with van der Waals surface area (Å²) in [5.74, 6) is 0.144. The second-order valence-corrected chi connectivity index (χ2v) is 16.6. The van der Waals surface area contributed by atoms with Crippen molar-refractivity contribution in [3.05, 3.63) is 34.9 Å². The van der Waals surface area contributed by atoms with E-state index >= 15 is 0 Å². The minimum atomic E-state index is -0.801. The molecule has 1 rings (SSSR count). The van der Waals surface area contributed by atoms with Gasteiger partial charge < -0.3 is 30.3 Å². The molecule has 5 N–H and O–H groups in total. The molecule has 0 aromatic carbocycles. The zero-order chi connectivity index (χ0) is 35.1. The number of hydrogen-bond acceptors (Lipinski definition) is 6. The van der Waals surface area contributed by atoms with E-state index in [9.17, 15) is 20.4 Å². The lowest BCUT2D eigenvalue weighted by molar-refractivity contribution is -0.0132. The molecule has 0 aromatic rings. The first-order valence-corrected chi connectivity index (χ1v) is 18.3. The average molecular weight is 651 g/mol. The third kappa shape index (κ3) is 19.7. The van der Waals surface area contributed by atoms with E-state index in [1.807, 2.05) is 40.7 Å².